The first kappa shape index (κ1) is 19.9. The fourth-order valence-electron chi connectivity index (χ4n) is 4.46. The zero-order valence-corrected chi connectivity index (χ0v) is 17.5. The predicted molar refractivity (Wildman–Crippen MR) is 108 cm³/mol. The van der Waals surface area contributed by atoms with Crippen LogP contribution in [-0.2, 0) is 26.6 Å². The largest absolute Gasteiger partial charge is 0.469 e. The Morgan fingerprint density at radius 3 is 2.48 bits per heavy atom. The Morgan fingerprint density at radius 1 is 1.21 bits per heavy atom. The molecule has 2 aromatic rings. The quantitative estimate of drug-likeness (QED) is 0.757. The van der Waals surface area contributed by atoms with Gasteiger partial charge in [-0.2, -0.15) is 5.26 Å². The van der Waals surface area contributed by atoms with E-state index in [1.54, 1.807) is 18.2 Å². The van der Waals surface area contributed by atoms with Crippen molar-refractivity contribution in [3.8, 4) is 6.07 Å². The molecule has 1 N–H and O–H groups in total. The first-order valence-electron chi connectivity index (χ1n) is 9.98. The average molecular weight is 416 g/mol. The summed E-state index contributed by atoms with van der Waals surface area (Å²) in [6.07, 6.45) is 4.59. The second-order valence-electron chi connectivity index (χ2n) is 8.08. The second-order valence-corrected chi connectivity index (χ2v) is 9.79. The standard InChI is InChI=1S/C21H25N3O4S/c1-24-19-11-16(9-10-17(19)18(12-22)20(24)13-3-4-13)29(26,27)23-15-7-5-14(6-8-15)21(25)28-2/h9-11,13-15,23H,3-8H2,1-2H3. The molecule has 2 saturated carbocycles. The van der Waals surface area contributed by atoms with Crippen molar-refractivity contribution in [2.75, 3.05) is 7.11 Å². The molecular weight excluding hydrogens is 390 g/mol. The van der Waals surface area contributed by atoms with E-state index in [9.17, 15) is 18.5 Å². The number of methoxy groups -OCH3 is 1. The minimum absolute atomic E-state index is 0.147. The molecule has 2 aliphatic rings. The number of rotatable bonds is 5. The number of ether oxygens (including phenoxy) is 1. The maximum Gasteiger partial charge on any atom is 0.308 e. The van der Waals surface area contributed by atoms with Gasteiger partial charge in [-0.1, -0.05) is 6.07 Å². The van der Waals surface area contributed by atoms with Crippen LogP contribution in [0, 0.1) is 17.2 Å². The summed E-state index contributed by atoms with van der Waals surface area (Å²) in [5, 5.41) is 10.4. The molecule has 0 spiro atoms. The topological polar surface area (TPSA) is 101 Å². The van der Waals surface area contributed by atoms with Crippen LogP contribution in [0.5, 0.6) is 0 Å². The van der Waals surface area contributed by atoms with Gasteiger partial charge in [-0.3, -0.25) is 4.79 Å². The zero-order valence-electron chi connectivity index (χ0n) is 16.6. The number of esters is 1. The van der Waals surface area contributed by atoms with E-state index in [1.807, 2.05) is 11.6 Å². The summed E-state index contributed by atoms with van der Waals surface area (Å²) in [7, 11) is -0.413. The molecule has 0 bridgehead atoms. The minimum atomic E-state index is -3.69. The van der Waals surface area contributed by atoms with Gasteiger partial charge in [0.1, 0.15) is 6.07 Å². The van der Waals surface area contributed by atoms with Gasteiger partial charge in [0.15, 0.2) is 0 Å². The summed E-state index contributed by atoms with van der Waals surface area (Å²) < 4.78 is 35.5. The molecule has 0 aliphatic heterocycles. The van der Waals surface area contributed by atoms with E-state index < -0.39 is 10.0 Å². The molecule has 0 amide bonds. The van der Waals surface area contributed by atoms with Crippen molar-refractivity contribution in [3.63, 3.8) is 0 Å². The van der Waals surface area contributed by atoms with Crippen LogP contribution in [0.2, 0.25) is 0 Å². The van der Waals surface area contributed by atoms with Gasteiger partial charge in [0.2, 0.25) is 10.0 Å². The number of benzene rings is 1. The van der Waals surface area contributed by atoms with Gasteiger partial charge in [-0.25, -0.2) is 13.1 Å². The molecule has 29 heavy (non-hydrogen) atoms. The van der Waals surface area contributed by atoms with Crippen LogP contribution in [-0.4, -0.2) is 32.1 Å². The Morgan fingerprint density at radius 2 is 1.90 bits per heavy atom. The Hall–Kier alpha value is -2.37. The van der Waals surface area contributed by atoms with Crippen molar-refractivity contribution in [1.82, 2.24) is 9.29 Å². The first-order chi connectivity index (χ1) is 13.9. The lowest BCUT2D eigenvalue weighted by atomic mass is 9.86. The fraction of sp³-hybridized carbons (Fsp3) is 0.524. The van der Waals surface area contributed by atoms with E-state index in [1.165, 1.54) is 7.11 Å². The molecule has 7 nitrogen and oxygen atoms in total. The molecule has 0 atom stereocenters. The highest BCUT2D eigenvalue weighted by Crippen LogP contribution is 2.44. The van der Waals surface area contributed by atoms with E-state index >= 15 is 0 Å². The number of aromatic nitrogens is 1. The number of carbonyl (C=O) groups is 1. The van der Waals surface area contributed by atoms with E-state index in [-0.39, 0.29) is 22.8 Å². The summed E-state index contributed by atoms with van der Waals surface area (Å²) in [6.45, 7) is 0. The van der Waals surface area contributed by atoms with Crippen LogP contribution in [0.1, 0.15) is 55.7 Å². The maximum atomic E-state index is 13.0. The summed E-state index contributed by atoms with van der Waals surface area (Å²) in [5.74, 6) is 0.0242. The molecule has 8 heteroatoms. The molecule has 0 saturated heterocycles. The van der Waals surface area contributed by atoms with Crippen molar-refractivity contribution >= 4 is 26.9 Å². The predicted octanol–water partition coefficient (Wildman–Crippen LogP) is 2.94. The SMILES string of the molecule is COC(=O)C1CCC(NS(=O)(=O)c2ccc3c(C#N)c(C4CC4)n(C)c3c2)CC1. The molecule has 154 valence electrons. The Bertz CT molecular complexity index is 1100. The number of hydrogen-bond acceptors (Lipinski definition) is 5. The smallest absolute Gasteiger partial charge is 0.308 e. The van der Waals surface area contributed by atoms with Crippen molar-refractivity contribution in [2.45, 2.75) is 55.4 Å². The summed E-state index contributed by atoms with van der Waals surface area (Å²) in [4.78, 5) is 11.9. The maximum absolute atomic E-state index is 13.0. The molecule has 2 fully saturated rings. The normalized spacial score (nSPS) is 22.4. The van der Waals surface area contributed by atoms with Crippen LogP contribution >= 0.6 is 0 Å². The van der Waals surface area contributed by atoms with Crippen LogP contribution in [0.3, 0.4) is 0 Å². The molecule has 0 unspecified atom stereocenters. The second kappa shape index (κ2) is 7.47. The number of aryl methyl sites for hydroxylation is 1. The molecule has 2 aliphatic carbocycles. The van der Waals surface area contributed by atoms with Crippen LogP contribution in [0.15, 0.2) is 23.1 Å². The van der Waals surface area contributed by atoms with E-state index in [0.29, 0.717) is 37.2 Å². The lowest BCUT2D eigenvalue weighted by molar-refractivity contribution is -0.146. The highest BCUT2D eigenvalue weighted by Gasteiger charge is 2.32. The summed E-state index contributed by atoms with van der Waals surface area (Å²) in [6, 6.07) is 7.07. The highest BCUT2D eigenvalue weighted by atomic mass is 32.2. The molecule has 4 rings (SSSR count). The molecule has 1 aromatic heterocycles. The third-order valence-electron chi connectivity index (χ3n) is 6.19. The Kier molecular flexibility index (Phi) is 5.13. The lowest BCUT2D eigenvalue weighted by Gasteiger charge is -2.27. The van der Waals surface area contributed by atoms with Crippen molar-refractivity contribution in [3.05, 3.63) is 29.5 Å². The number of sulfonamides is 1. The van der Waals surface area contributed by atoms with Gasteiger partial charge in [-0.15, -0.1) is 0 Å². The van der Waals surface area contributed by atoms with Gasteiger partial charge < -0.3 is 9.30 Å². The average Bonchev–Trinajstić information content (AvgIpc) is 3.51. The minimum Gasteiger partial charge on any atom is -0.469 e. The fourth-order valence-corrected chi connectivity index (χ4v) is 5.78. The third-order valence-corrected chi connectivity index (χ3v) is 7.71. The molecular formula is C21H25N3O4S. The number of fused-ring (bicyclic) bond motifs is 1. The van der Waals surface area contributed by atoms with Crippen molar-refractivity contribution < 1.29 is 17.9 Å². The van der Waals surface area contributed by atoms with Gasteiger partial charge in [0.25, 0.3) is 0 Å². The van der Waals surface area contributed by atoms with Crippen LogP contribution in [0.4, 0.5) is 0 Å². The molecule has 0 radical (unpaired) electrons. The number of nitrogens with one attached hydrogen (secondary N) is 1. The van der Waals surface area contributed by atoms with Gasteiger partial charge in [0, 0.05) is 30.1 Å². The highest BCUT2D eigenvalue weighted by molar-refractivity contribution is 7.89. The summed E-state index contributed by atoms with van der Waals surface area (Å²) in [5.41, 5.74) is 2.43. The third kappa shape index (κ3) is 3.65. The van der Waals surface area contributed by atoms with Crippen LogP contribution in [0.25, 0.3) is 10.9 Å². The molecule has 1 heterocycles. The zero-order chi connectivity index (χ0) is 20.8. The van der Waals surface area contributed by atoms with E-state index in [4.69, 9.17) is 4.74 Å². The Labute approximate surface area is 170 Å². The van der Waals surface area contributed by atoms with Gasteiger partial charge in [-0.05, 0) is 50.7 Å². The van der Waals surface area contributed by atoms with Gasteiger partial charge >= 0.3 is 5.97 Å². The number of nitrogens with zero attached hydrogens (tertiary/aromatic N) is 2. The van der Waals surface area contributed by atoms with Crippen LogP contribution < -0.4 is 4.72 Å². The van der Waals surface area contributed by atoms with Crippen molar-refractivity contribution in [2.24, 2.45) is 13.0 Å². The first-order valence-corrected chi connectivity index (χ1v) is 11.5. The summed E-state index contributed by atoms with van der Waals surface area (Å²) >= 11 is 0. The monoisotopic (exact) mass is 415 g/mol. The Balaban J connectivity index is 1.57. The van der Waals surface area contributed by atoms with E-state index in [2.05, 4.69) is 10.8 Å². The van der Waals surface area contributed by atoms with Crippen molar-refractivity contribution in [1.29, 1.82) is 5.26 Å². The van der Waals surface area contributed by atoms with Gasteiger partial charge in [0.05, 0.1) is 29.0 Å². The number of carbonyl (C=O) groups excluding carboxylic acids is 1. The molecule has 1 aromatic carbocycles. The number of hydrogen-bond donors (Lipinski definition) is 1. The lowest BCUT2D eigenvalue weighted by Crippen LogP contribution is -2.38. The number of nitriles is 1. The van der Waals surface area contributed by atoms with E-state index in [0.717, 1.165) is 29.4 Å².